The fraction of sp³-hybridized carbons (Fsp3) is 0.0714. The molecular weight excluding hydrogens is 252 g/mol. The van der Waals surface area contributed by atoms with E-state index in [0.717, 1.165) is 10.8 Å². The average Bonchev–Trinajstić information content (AvgIpc) is 2.38. The number of para-hydroxylation sites is 1. The predicted molar refractivity (Wildman–Crippen MR) is 71.6 cm³/mol. The molecule has 0 aliphatic rings. The summed E-state index contributed by atoms with van der Waals surface area (Å²) >= 11 is 6.10. The van der Waals surface area contributed by atoms with E-state index in [9.17, 15) is 4.79 Å². The van der Waals surface area contributed by atoms with Crippen LogP contribution in [-0.2, 0) is 0 Å². The van der Waals surface area contributed by atoms with E-state index >= 15 is 0 Å². The summed E-state index contributed by atoms with van der Waals surface area (Å²) in [6.45, 7) is 0. The first-order chi connectivity index (χ1) is 8.70. The van der Waals surface area contributed by atoms with Crippen LogP contribution in [0.3, 0.4) is 0 Å². The standard InChI is InChI=1S/C14H9ClO3/c1-17-13-7-10-9(6-11(13)15)8-4-2-3-5-12(8)18-14(10)16/h2-7H,1H3. The Labute approximate surface area is 108 Å². The highest BCUT2D eigenvalue weighted by Crippen LogP contribution is 2.32. The Kier molecular flexibility index (Phi) is 2.49. The molecule has 0 aliphatic carbocycles. The number of fused-ring (bicyclic) bond motifs is 3. The van der Waals surface area contributed by atoms with Gasteiger partial charge in [-0.2, -0.15) is 0 Å². The van der Waals surface area contributed by atoms with E-state index in [1.165, 1.54) is 7.11 Å². The van der Waals surface area contributed by atoms with Crippen molar-refractivity contribution in [2.75, 3.05) is 7.11 Å². The highest BCUT2D eigenvalue weighted by atomic mass is 35.5. The van der Waals surface area contributed by atoms with E-state index in [1.54, 1.807) is 18.2 Å². The van der Waals surface area contributed by atoms with Gasteiger partial charge in [0.2, 0.25) is 0 Å². The fourth-order valence-electron chi connectivity index (χ4n) is 2.03. The molecule has 0 saturated heterocycles. The van der Waals surface area contributed by atoms with Gasteiger partial charge in [-0.05, 0) is 18.2 Å². The van der Waals surface area contributed by atoms with Crippen LogP contribution in [0.25, 0.3) is 21.7 Å². The average molecular weight is 261 g/mol. The lowest BCUT2D eigenvalue weighted by atomic mass is 10.1. The van der Waals surface area contributed by atoms with E-state index < -0.39 is 5.63 Å². The molecule has 18 heavy (non-hydrogen) atoms. The van der Waals surface area contributed by atoms with E-state index in [-0.39, 0.29) is 0 Å². The topological polar surface area (TPSA) is 39.4 Å². The summed E-state index contributed by atoms with van der Waals surface area (Å²) in [4.78, 5) is 11.9. The molecule has 3 nitrogen and oxygen atoms in total. The van der Waals surface area contributed by atoms with Gasteiger partial charge in [0.25, 0.3) is 0 Å². The SMILES string of the molecule is COc1cc2c(=O)oc3ccccc3c2cc1Cl. The Hall–Kier alpha value is -2.00. The normalized spacial score (nSPS) is 11.0. The molecule has 3 rings (SSSR count). The lowest BCUT2D eigenvalue weighted by molar-refractivity contribution is 0.415. The van der Waals surface area contributed by atoms with E-state index in [2.05, 4.69) is 0 Å². The van der Waals surface area contributed by atoms with Gasteiger partial charge in [0.1, 0.15) is 11.3 Å². The third-order valence-corrected chi connectivity index (χ3v) is 3.19. The van der Waals surface area contributed by atoms with Crippen molar-refractivity contribution >= 4 is 33.3 Å². The van der Waals surface area contributed by atoms with Gasteiger partial charge in [-0.1, -0.05) is 29.8 Å². The highest BCUT2D eigenvalue weighted by Gasteiger charge is 2.10. The van der Waals surface area contributed by atoms with Crippen LogP contribution in [0.15, 0.2) is 45.6 Å². The molecule has 4 heteroatoms. The molecule has 0 saturated carbocycles. The first-order valence-corrected chi connectivity index (χ1v) is 5.77. The Morgan fingerprint density at radius 1 is 1.11 bits per heavy atom. The molecule has 0 atom stereocenters. The molecule has 0 N–H and O–H groups in total. The van der Waals surface area contributed by atoms with Crippen molar-refractivity contribution in [3.05, 3.63) is 51.8 Å². The van der Waals surface area contributed by atoms with Crippen LogP contribution in [0.1, 0.15) is 0 Å². The Morgan fingerprint density at radius 3 is 2.67 bits per heavy atom. The van der Waals surface area contributed by atoms with Crippen LogP contribution in [-0.4, -0.2) is 7.11 Å². The predicted octanol–water partition coefficient (Wildman–Crippen LogP) is 3.61. The van der Waals surface area contributed by atoms with Crippen molar-refractivity contribution < 1.29 is 9.15 Å². The van der Waals surface area contributed by atoms with Crippen molar-refractivity contribution in [3.63, 3.8) is 0 Å². The Morgan fingerprint density at radius 2 is 1.89 bits per heavy atom. The summed E-state index contributed by atoms with van der Waals surface area (Å²) in [6.07, 6.45) is 0. The van der Waals surface area contributed by atoms with Crippen LogP contribution in [0, 0.1) is 0 Å². The van der Waals surface area contributed by atoms with Gasteiger partial charge in [0.05, 0.1) is 17.5 Å². The van der Waals surface area contributed by atoms with Gasteiger partial charge >= 0.3 is 5.63 Å². The van der Waals surface area contributed by atoms with Crippen LogP contribution in [0.5, 0.6) is 5.75 Å². The maximum absolute atomic E-state index is 11.9. The third-order valence-electron chi connectivity index (χ3n) is 2.89. The number of halogens is 1. The molecule has 1 heterocycles. The monoisotopic (exact) mass is 260 g/mol. The molecule has 0 amide bonds. The molecule has 0 fully saturated rings. The van der Waals surface area contributed by atoms with Crippen molar-refractivity contribution in [2.24, 2.45) is 0 Å². The fourth-order valence-corrected chi connectivity index (χ4v) is 2.28. The molecule has 1 aromatic heterocycles. The first-order valence-electron chi connectivity index (χ1n) is 5.40. The van der Waals surface area contributed by atoms with Gasteiger partial charge in [-0.3, -0.25) is 0 Å². The third kappa shape index (κ3) is 1.56. The molecule has 3 aromatic rings. The highest BCUT2D eigenvalue weighted by molar-refractivity contribution is 6.33. The number of rotatable bonds is 1. The largest absolute Gasteiger partial charge is 0.495 e. The second-order valence-corrected chi connectivity index (χ2v) is 4.33. The van der Waals surface area contributed by atoms with Crippen LogP contribution < -0.4 is 10.4 Å². The Bertz CT molecular complexity index is 805. The zero-order chi connectivity index (χ0) is 12.7. The van der Waals surface area contributed by atoms with Gasteiger partial charge in [0, 0.05) is 10.8 Å². The molecule has 0 aliphatic heterocycles. The maximum Gasteiger partial charge on any atom is 0.344 e. The number of methoxy groups -OCH3 is 1. The minimum absolute atomic E-state index is 0.390. The van der Waals surface area contributed by atoms with Gasteiger partial charge in [-0.15, -0.1) is 0 Å². The summed E-state index contributed by atoms with van der Waals surface area (Å²) in [5.74, 6) is 0.465. The van der Waals surface area contributed by atoms with E-state index in [4.69, 9.17) is 20.8 Å². The molecule has 0 radical (unpaired) electrons. The summed E-state index contributed by atoms with van der Waals surface area (Å²) < 4.78 is 10.4. The molecule has 0 unspecified atom stereocenters. The van der Waals surface area contributed by atoms with Crippen LogP contribution >= 0.6 is 11.6 Å². The molecular formula is C14H9ClO3. The summed E-state index contributed by atoms with van der Waals surface area (Å²) in [6, 6.07) is 10.7. The first kappa shape index (κ1) is 11.1. The lowest BCUT2D eigenvalue weighted by Crippen LogP contribution is -2.00. The van der Waals surface area contributed by atoms with Gasteiger partial charge in [0.15, 0.2) is 0 Å². The van der Waals surface area contributed by atoms with E-state index in [1.807, 2.05) is 18.2 Å². The second-order valence-electron chi connectivity index (χ2n) is 3.92. The molecule has 2 aromatic carbocycles. The maximum atomic E-state index is 11.9. The summed E-state index contributed by atoms with van der Waals surface area (Å²) in [5.41, 5.74) is 0.162. The molecule has 90 valence electrons. The second kappa shape index (κ2) is 4.03. The van der Waals surface area contributed by atoms with Crippen molar-refractivity contribution in [1.29, 1.82) is 0 Å². The summed E-state index contributed by atoms with van der Waals surface area (Å²) in [7, 11) is 1.51. The minimum Gasteiger partial charge on any atom is -0.495 e. The van der Waals surface area contributed by atoms with E-state index in [0.29, 0.717) is 21.7 Å². The zero-order valence-corrected chi connectivity index (χ0v) is 10.3. The van der Waals surface area contributed by atoms with Gasteiger partial charge < -0.3 is 9.15 Å². The van der Waals surface area contributed by atoms with Crippen LogP contribution in [0.4, 0.5) is 0 Å². The summed E-state index contributed by atoms with van der Waals surface area (Å²) in [5, 5.41) is 2.57. The van der Waals surface area contributed by atoms with Crippen molar-refractivity contribution in [3.8, 4) is 5.75 Å². The Balaban J connectivity index is 2.57. The zero-order valence-electron chi connectivity index (χ0n) is 9.57. The smallest absolute Gasteiger partial charge is 0.344 e. The van der Waals surface area contributed by atoms with Gasteiger partial charge in [-0.25, -0.2) is 4.79 Å². The number of benzene rings is 2. The van der Waals surface area contributed by atoms with Crippen LogP contribution in [0.2, 0.25) is 5.02 Å². The minimum atomic E-state index is -0.390. The van der Waals surface area contributed by atoms with Crippen molar-refractivity contribution in [1.82, 2.24) is 0 Å². The molecule has 0 spiro atoms. The number of ether oxygens (including phenoxy) is 1. The lowest BCUT2D eigenvalue weighted by Gasteiger charge is -2.06. The quantitative estimate of drug-likeness (QED) is 0.496. The van der Waals surface area contributed by atoms with Crippen molar-refractivity contribution in [2.45, 2.75) is 0 Å². The number of hydrogen-bond acceptors (Lipinski definition) is 3. The number of hydrogen-bond donors (Lipinski definition) is 0. The molecule has 0 bridgehead atoms.